The molecule has 0 aliphatic rings. The molecule has 0 saturated carbocycles. The third-order valence-corrected chi connectivity index (χ3v) is 2.27. The Kier molecular flexibility index (Phi) is 1.51. The molecule has 1 heterocycles. The number of para-hydroxylation sites is 1. The molecule has 0 fully saturated rings. The molecule has 0 saturated heterocycles. The van der Waals surface area contributed by atoms with Gasteiger partial charge in [-0.15, -0.1) is 12.6 Å². The van der Waals surface area contributed by atoms with Crippen molar-refractivity contribution in [3.05, 3.63) is 18.2 Å². The Morgan fingerprint density at radius 1 is 1.50 bits per heavy atom. The number of nitrogens with zero attached hydrogens (tertiary/aromatic N) is 2. The zero-order valence-electron chi connectivity index (χ0n) is 6.65. The van der Waals surface area contributed by atoms with Crippen LogP contribution in [0.5, 0.6) is 0 Å². The summed E-state index contributed by atoms with van der Waals surface area (Å²) in [6, 6.07) is 5.76. The lowest BCUT2D eigenvalue weighted by Gasteiger charge is -1.97. The van der Waals surface area contributed by atoms with Gasteiger partial charge in [-0.05, 0) is 12.1 Å². The molecule has 2 N–H and O–H groups in total. The highest BCUT2D eigenvalue weighted by Gasteiger charge is 2.05. The summed E-state index contributed by atoms with van der Waals surface area (Å²) in [4.78, 5) is 5.07. The van der Waals surface area contributed by atoms with E-state index in [1.54, 1.807) is 0 Å². The molecule has 1 aromatic carbocycles. The normalized spacial score (nSPS) is 10.8. The minimum atomic E-state index is 0.520. The van der Waals surface area contributed by atoms with Crippen LogP contribution in [0.25, 0.3) is 11.0 Å². The largest absolute Gasteiger partial charge is 0.369 e. The summed E-state index contributed by atoms with van der Waals surface area (Å²) >= 11 is 4.32. The van der Waals surface area contributed by atoms with Gasteiger partial charge in [0.15, 0.2) is 0 Å². The summed E-state index contributed by atoms with van der Waals surface area (Å²) in [5, 5.41) is 0. The third kappa shape index (κ3) is 0.881. The molecule has 0 atom stereocenters. The number of nitrogen functional groups attached to an aromatic ring is 1. The molecule has 62 valence electrons. The zero-order chi connectivity index (χ0) is 8.72. The molecule has 0 aliphatic carbocycles. The van der Waals surface area contributed by atoms with E-state index < -0.39 is 0 Å². The van der Waals surface area contributed by atoms with Crippen molar-refractivity contribution in [2.24, 2.45) is 7.05 Å². The monoisotopic (exact) mass is 179 g/mol. The number of anilines is 1. The van der Waals surface area contributed by atoms with Gasteiger partial charge in [0.25, 0.3) is 0 Å². The van der Waals surface area contributed by atoms with Gasteiger partial charge in [-0.1, -0.05) is 6.07 Å². The number of rotatable bonds is 0. The first-order valence-electron chi connectivity index (χ1n) is 3.60. The van der Waals surface area contributed by atoms with Crippen LogP contribution in [0, 0.1) is 0 Å². The third-order valence-electron chi connectivity index (χ3n) is 1.91. The van der Waals surface area contributed by atoms with Gasteiger partial charge in [0.2, 0.25) is 5.95 Å². The quantitative estimate of drug-likeness (QED) is 0.601. The average Bonchev–Trinajstić information content (AvgIpc) is 2.29. The van der Waals surface area contributed by atoms with E-state index >= 15 is 0 Å². The Balaban J connectivity index is 2.97. The van der Waals surface area contributed by atoms with E-state index in [4.69, 9.17) is 5.73 Å². The van der Waals surface area contributed by atoms with Gasteiger partial charge in [0.1, 0.15) is 0 Å². The summed E-state index contributed by atoms with van der Waals surface area (Å²) < 4.78 is 1.83. The summed E-state index contributed by atoms with van der Waals surface area (Å²) in [6.45, 7) is 0. The van der Waals surface area contributed by atoms with Crippen molar-refractivity contribution in [1.82, 2.24) is 9.55 Å². The maximum Gasteiger partial charge on any atom is 0.200 e. The zero-order valence-corrected chi connectivity index (χ0v) is 7.55. The number of benzene rings is 1. The Labute approximate surface area is 75.6 Å². The van der Waals surface area contributed by atoms with Gasteiger partial charge >= 0.3 is 0 Å². The van der Waals surface area contributed by atoms with Gasteiger partial charge in [-0.2, -0.15) is 0 Å². The Hall–Kier alpha value is -1.16. The van der Waals surface area contributed by atoms with Crippen LogP contribution in [0.3, 0.4) is 0 Å². The molecule has 3 nitrogen and oxygen atoms in total. The van der Waals surface area contributed by atoms with Crippen molar-refractivity contribution in [3.63, 3.8) is 0 Å². The SMILES string of the molecule is Cn1c(N)nc2cccc(S)c21. The van der Waals surface area contributed by atoms with Gasteiger partial charge in [-0.3, -0.25) is 0 Å². The van der Waals surface area contributed by atoms with Gasteiger partial charge in [-0.25, -0.2) is 4.98 Å². The standard InChI is InChI=1S/C8H9N3S/c1-11-7-5(10-8(11)9)3-2-4-6(7)12/h2-4,12H,1H3,(H2,9,10). The maximum absolute atomic E-state index is 5.64. The van der Waals surface area contributed by atoms with Crippen LogP contribution < -0.4 is 5.73 Å². The number of thiol groups is 1. The predicted octanol–water partition coefficient (Wildman–Crippen LogP) is 1.44. The minimum Gasteiger partial charge on any atom is -0.369 e. The van der Waals surface area contributed by atoms with E-state index in [1.165, 1.54) is 0 Å². The summed E-state index contributed by atoms with van der Waals surface area (Å²) in [5.74, 6) is 0.520. The Morgan fingerprint density at radius 2 is 2.25 bits per heavy atom. The molecule has 12 heavy (non-hydrogen) atoms. The molecule has 2 rings (SSSR count). The second kappa shape index (κ2) is 2.42. The highest BCUT2D eigenvalue weighted by atomic mass is 32.1. The molecule has 1 aromatic heterocycles. The fourth-order valence-electron chi connectivity index (χ4n) is 1.27. The van der Waals surface area contributed by atoms with Crippen LogP contribution in [-0.2, 0) is 7.05 Å². The van der Waals surface area contributed by atoms with Crippen LogP contribution in [0.1, 0.15) is 0 Å². The predicted molar refractivity (Wildman–Crippen MR) is 52.4 cm³/mol. The van der Waals surface area contributed by atoms with E-state index in [9.17, 15) is 0 Å². The van der Waals surface area contributed by atoms with Crippen LogP contribution in [0.2, 0.25) is 0 Å². The summed E-state index contributed by atoms with van der Waals surface area (Å²) in [7, 11) is 1.88. The summed E-state index contributed by atoms with van der Waals surface area (Å²) in [5.41, 5.74) is 7.52. The molecule has 0 unspecified atom stereocenters. The smallest absolute Gasteiger partial charge is 0.200 e. The molecule has 4 heteroatoms. The molecular weight excluding hydrogens is 170 g/mol. The lowest BCUT2D eigenvalue weighted by molar-refractivity contribution is 0.956. The van der Waals surface area contributed by atoms with Crippen molar-refractivity contribution >= 4 is 29.6 Å². The molecule has 0 spiro atoms. The fraction of sp³-hybridized carbons (Fsp3) is 0.125. The van der Waals surface area contributed by atoms with Gasteiger partial charge in [0, 0.05) is 11.9 Å². The molecule has 0 aliphatic heterocycles. The van der Waals surface area contributed by atoms with Gasteiger partial charge in [0.05, 0.1) is 11.0 Å². The van der Waals surface area contributed by atoms with Crippen LogP contribution in [0.4, 0.5) is 5.95 Å². The fourth-order valence-corrected chi connectivity index (χ4v) is 1.62. The van der Waals surface area contributed by atoms with Gasteiger partial charge < -0.3 is 10.3 Å². The van der Waals surface area contributed by atoms with E-state index in [0.717, 1.165) is 15.9 Å². The molecule has 0 radical (unpaired) electrons. The number of aromatic nitrogens is 2. The first-order valence-corrected chi connectivity index (χ1v) is 4.05. The number of aryl methyl sites for hydroxylation is 1. The highest BCUT2D eigenvalue weighted by Crippen LogP contribution is 2.22. The van der Waals surface area contributed by atoms with E-state index in [1.807, 2.05) is 29.8 Å². The second-order valence-corrected chi connectivity index (χ2v) is 3.16. The number of imidazole rings is 1. The first-order chi connectivity index (χ1) is 5.70. The maximum atomic E-state index is 5.64. The topological polar surface area (TPSA) is 43.8 Å². The molecular formula is C8H9N3S. The van der Waals surface area contributed by atoms with Crippen molar-refractivity contribution in [2.75, 3.05) is 5.73 Å². The highest BCUT2D eigenvalue weighted by molar-refractivity contribution is 7.80. The first kappa shape index (κ1) is 7.49. The number of fused-ring (bicyclic) bond motifs is 1. The van der Waals surface area contributed by atoms with E-state index in [0.29, 0.717) is 5.95 Å². The second-order valence-electron chi connectivity index (χ2n) is 2.67. The molecule has 2 aromatic rings. The molecule has 0 bridgehead atoms. The van der Waals surface area contributed by atoms with Crippen molar-refractivity contribution < 1.29 is 0 Å². The van der Waals surface area contributed by atoms with Crippen LogP contribution in [0.15, 0.2) is 23.1 Å². The Bertz CT molecular complexity index is 433. The number of hydrogen-bond acceptors (Lipinski definition) is 3. The van der Waals surface area contributed by atoms with Crippen molar-refractivity contribution in [3.8, 4) is 0 Å². The lowest BCUT2D eigenvalue weighted by atomic mass is 10.3. The minimum absolute atomic E-state index is 0.520. The summed E-state index contributed by atoms with van der Waals surface area (Å²) in [6.07, 6.45) is 0. The van der Waals surface area contributed by atoms with Crippen LogP contribution >= 0.6 is 12.6 Å². The average molecular weight is 179 g/mol. The number of nitrogens with two attached hydrogens (primary N) is 1. The molecule has 0 amide bonds. The van der Waals surface area contributed by atoms with E-state index in [-0.39, 0.29) is 0 Å². The van der Waals surface area contributed by atoms with E-state index in [2.05, 4.69) is 17.6 Å². The van der Waals surface area contributed by atoms with Crippen molar-refractivity contribution in [2.45, 2.75) is 4.90 Å². The lowest BCUT2D eigenvalue weighted by Crippen LogP contribution is -1.96. The van der Waals surface area contributed by atoms with Crippen LogP contribution in [-0.4, -0.2) is 9.55 Å². The van der Waals surface area contributed by atoms with Crippen molar-refractivity contribution in [1.29, 1.82) is 0 Å². The number of hydrogen-bond donors (Lipinski definition) is 2. The Morgan fingerprint density at radius 3 is 2.92 bits per heavy atom.